The fraction of sp³-hybridized carbons (Fsp3) is 0.857. The maximum absolute atomic E-state index is 11.6. The van der Waals surface area contributed by atoms with Crippen molar-refractivity contribution >= 4 is 5.97 Å². The molecule has 0 amide bonds. The van der Waals surface area contributed by atoms with E-state index in [2.05, 4.69) is 4.74 Å². The molecule has 0 fully saturated rings. The molecule has 3 nitrogen and oxygen atoms in total. The van der Waals surface area contributed by atoms with Gasteiger partial charge in [-0.25, -0.2) is 0 Å². The van der Waals surface area contributed by atoms with Gasteiger partial charge < -0.3 is 9.84 Å². The van der Waals surface area contributed by atoms with Crippen molar-refractivity contribution < 1.29 is 27.8 Å². The lowest BCUT2D eigenvalue weighted by Gasteiger charge is -2.15. The van der Waals surface area contributed by atoms with Crippen molar-refractivity contribution in [3.8, 4) is 0 Å². The number of alkyl halides is 3. The van der Waals surface area contributed by atoms with Crippen molar-refractivity contribution in [2.75, 3.05) is 6.61 Å². The van der Waals surface area contributed by atoms with Gasteiger partial charge in [0.1, 0.15) is 6.61 Å². The largest absolute Gasteiger partial charge is 0.481 e. The quantitative estimate of drug-likeness (QED) is 0.736. The molecule has 6 heteroatoms. The molecule has 0 rings (SSSR count). The molecule has 0 saturated carbocycles. The third kappa shape index (κ3) is 7.58. The van der Waals surface area contributed by atoms with Crippen LogP contribution >= 0.6 is 0 Å². The lowest BCUT2D eigenvalue weighted by atomic mass is 10.2. The molecule has 0 aromatic rings. The van der Waals surface area contributed by atoms with Crippen LogP contribution in [0.1, 0.15) is 19.8 Å². The summed E-state index contributed by atoms with van der Waals surface area (Å²) >= 11 is 0. The van der Waals surface area contributed by atoms with Crippen LogP contribution in [0.15, 0.2) is 0 Å². The number of hydrogen-bond acceptors (Lipinski definition) is 2. The second-order valence-corrected chi connectivity index (χ2v) is 2.55. The molecule has 0 aliphatic carbocycles. The van der Waals surface area contributed by atoms with Crippen LogP contribution in [0.5, 0.6) is 0 Å². The van der Waals surface area contributed by atoms with Crippen LogP contribution < -0.4 is 0 Å². The van der Waals surface area contributed by atoms with Gasteiger partial charge in [0.2, 0.25) is 0 Å². The van der Waals surface area contributed by atoms with Crippen LogP contribution in [-0.4, -0.2) is 30.0 Å². The maximum Gasteiger partial charge on any atom is 0.411 e. The first-order valence-electron chi connectivity index (χ1n) is 3.75. The van der Waals surface area contributed by atoms with E-state index in [-0.39, 0.29) is 6.42 Å². The third-order valence-electron chi connectivity index (χ3n) is 1.34. The highest BCUT2D eigenvalue weighted by atomic mass is 19.4. The Morgan fingerprint density at radius 3 is 2.38 bits per heavy atom. The number of carboxylic acid groups (broad SMARTS) is 1. The standard InChI is InChI=1S/C7H11F3O3/c1-2-5(3-6(11)12)13-4-7(8,9)10/h5H,2-4H2,1H3,(H,11,12). The first-order chi connectivity index (χ1) is 5.85. The van der Waals surface area contributed by atoms with Gasteiger partial charge in [-0.15, -0.1) is 0 Å². The van der Waals surface area contributed by atoms with Gasteiger partial charge in [-0.3, -0.25) is 4.79 Å². The first-order valence-corrected chi connectivity index (χ1v) is 3.75. The van der Waals surface area contributed by atoms with Crippen molar-refractivity contribution in [2.24, 2.45) is 0 Å². The van der Waals surface area contributed by atoms with Crippen LogP contribution in [0.4, 0.5) is 13.2 Å². The first kappa shape index (κ1) is 12.2. The minimum absolute atomic E-state index is 0.252. The van der Waals surface area contributed by atoms with Crippen molar-refractivity contribution in [3.05, 3.63) is 0 Å². The molecule has 0 spiro atoms. The monoisotopic (exact) mass is 200 g/mol. The number of hydrogen-bond donors (Lipinski definition) is 1. The molecule has 0 aromatic heterocycles. The zero-order chi connectivity index (χ0) is 10.5. The van der Waals surface area contributed by atoms with E-state index in [0.29, 0.717) is 0 Å². The van der Waals surface area contributed by atoms with Gasteiger partial charge in [0.25, 0.3) is 0 Å². The number of halogens is 3. The number of rotatable bonds is 5. The van der Waals surface area contributed by atoms with E-state index in [9.17, 15) is 18.0 Å². The van der Waals surface area contributed by atoms with Gasteiger partial charge in [-0.05, 0) is 6.42 Å². The van der Waals surface area contributed by atoms with Crippen LogP contribution in [0.2, 0.25) is 0 Å². The molecule has 78 valence electrons. The molecule has 0 bridgehead atoms. The second-order valence-electron chi connectivity index (χ2n) is 2.55. The summed E-state index contributed by atoms with van der Waals surface area (Å²) in [7, 11) is 0. The highest BCUT2D eigenvalue weighted by Gasteiger charge is 2.29. The Labute approximate surface area is 73.5 Å². The minimum atomic E-state index is -4.40. The Morgan fingerprint density at radius 2 is 2.08 bits per heavy atom. The summed E-state index contributed by atoms with van der Waals surface area (Å²) in [5, 5.41) is 8.28. The van der Waals surface area contributed by atoms with E-state index < -0.39 is 31.3 Å². The Balaban J connectivity index is 3.79. The molecule has 0 radical (unpaired) electrons. The average Bonchev–Trinajstić information content (AvgIpc) is 1.95. The van der Waals surface area contributed by atoms with Gasteiger partial charge >= 0.3 is 12.1 Å². The molecule has 0 aromatic carbocycles. The van der Waals surface area contributed by atoms with Gasteiger partial charge in [0.05, 0.1) is 12.5 Å². The summed E-state index contributed by atoms with van der Waals surface area (Å²) in [4.78, 5) is 10.1. The molecule has 1 atom stereocenters. The highest BCUT2D eigenvalue weighted by molar-refractivity contribution is 5.67. The van der Waals surface area contributed by atoms with E-state index in [1.54, 1.807) is 6.92 Å². The SMILES string of the molecule is CCC(CC(=O)O)OCC(F)(F)F. The molecular formula is C7H11F3O3. The van der Waals surface area contributed by atoms with Crippen LogP contribution in [-0.2, 0) is 9.53 Å². The summed E-state index contributed by atoms with van der Waals surface area (Å²) < 4.78 is 39.2. The van der Waals surface area contributed by atoms with Crippen molar-refractivity contribution in [1.82, 2.24) is 0 Å². The Kier molecular flexibility index (Phi) is 4.76. The smallest absolute Gasteiger partial charge is 0.411 e. The maximum atomic E-state index is 11.6. The Hall–Kier alpha value is -0.780. The van der Waals surface area contributed by atoms with Crippen molar-refractivity contribution in [3.63, 3.8) is 0 Å². The van der Waals surface area contributed by atoms with E-state index in [1.807, 2.05) is 0 Å². The lowest BCUT2D eigenvalue weighted by molar-refractivity contribution is -0.188. The Bertz CT molecular complexity index is 167. The predicted octanol–water partition coefficient (Wildman–Crippen LogP) is 1.82. The Morgan fingerprint density at radius 1 is 1.54 bits per heavy atom. The van der Waals surface area contributed by atoms with Crippen LogP contribution in [0, 0.1) is 0 Å². The summed E-state index contributed by atoms with van der Waals surface area (Å²) in [5.74, 6) is -1.16. The zero-order valence-electron chi connectivity index (χ0n) is 7.10. The number of aliphatic carboxylic acids is 1. The normalized spacial score (nSPS) is 14.2. The van der Waals surface area contributed by atoms with Crippen LogP contribution in [0.3, 0.4) is 0 Å². The van der Waals surface area contributed by atoms with Gasteiger partial charge in [0, 0.05) is 0 Å². The fourth-order valence-corrected chi connectivity index (χ4v) is 0.728. The van der Waals surface area contributed by atoms with Crippen LogP contribution in [0.25, 0.3) is 0 Å². The number of carbonyl (C=O) groups is 1. The molecule has 0 aliphatic heterocycles. The number of ether oxygens (including phenoxy) is 1. The lowest BCUT2D eigenvalue weighted by Crippen LogP contribution is -2.24. The molecule has 13 heavy (non-hydrogen) atoms. The van der Waals surface area contributed by atoms with E-state index in [4.69, 9.17) is 5.11 Å². The molecular weight excluding hydrogens is 189 g/mol. The van der Waals surface area contributed by atoms with E-state index in [0.717, 1.165) is 0 Å². The summed E-state index contributed by atoms with van der Waals surface area (Å²) in [6.07, 6.45) is -5.40. The van der Waals surface area contributed by atoms with Crippen molar-refractivity contribution in [2.45, 2.75) is 32.0 Å². The molecule has 0 aliphatic rings. The van der Waals surface area contributed by atoms with Gasteiger partial charge in [-0.1, -0.05) is 6.92 Å². The minimum Gasteiger partial charge on any atom is -0.481 e. The summed E-state index contributed by atoms with van der Waals surface area (Å²) in [6.45, 7) is 0.183. The second kappa shape index (κ2) is 5.06. The fourth-order valence-electron chi connectivity index (χ4n) is 0.728. The zero-order valence-corrected chi connectivity index (χ0v) is 7.10. The van der Waals surface area contributed by atoms with Gasteiger partial charge in [-0.2, -0.15) is 13.2 Å². The molecule has 1 N–H and O–H groups in total. The third-order valence-corrected chi connectivity index (χ3v) is 1.34. The molecule has 0 saturated heterocycles. The molecule has 1 unspecified atom stereocenters. The topological polar surface area (TPSA) is 46.5 Å². The van der Waals surface area contributed by atoms with E-state index >= 15 is 0 Å². The molecule has 0 heterocycles. The van der Waals surface area contributed by atoms with Crippen molar-refractivity contribution in [1.29, 1.82) is 0 Å². The number of carboxylic acids is 1. The predicted molar refractivity (Wildman–Crippen MR) is 38.3 cm³/mol. The van der Waals surface area contributed by atoms with E-state index in [1.165, 1.54) is 0 Å². The summed E-state index contributed by atoms with van der Waals surface area (Å²) in [6, 6.07) is 0. The van der Waals surface area contributed by atoms with Gasteiger partial charge in [0.15, 0.2) is 0 Å². The average molecular weight is 200 g/mol. The summed E-state index contributed by atoms with van der Waals surface area (Å²) in [5.41, 5.74) is 0. The highest BCUT2D eigenvalue weighted by Crippen LogP contribution is 2.17.